The summed E-state index contributed by atoms with van der Waals surface area (Å²) in [6, 6.07) is 0.373. The van der Waals surface area contributed by atoms with E-state index < -0.39 is 0 Å². The predicted octanol–water partition coefficient (Wildman–Crippen LogP) is 2.96. The van der Waals surface area contributed by atoms with Gasteiger partial charge in [0.15, 0.2) is 0 Å². The lowest BCUT2D eigenvalue weighted by molar-refractivity contribution is 0.0741. The summed E-state index contributed by atoms with van der Waals surface area (Å²) in [4.78, 5) is 13.6. The third-order valence-corrected chi connectivity index (χ3v) is 3.74. The summed E-state index contributed by atoms with van der Waals surface area (Å²) in [5.41, 5.74) is 0. The highest BCUT2D eigenvalue weighted by atomic mass is 16.5. The van der Waals surface area contributed by atoms with Crippen LogP contribution in [-0.4, -0.2) is 30.7 Å². The molecule has 2 atom stereocenters. The summed E-state index contributed by atoms with van der Waals surface area (Å²) in [7, 11) is 1.48. The second-order valence-corrected chi connectivity index (χ2v) is 4.75. The Hall–Kier alpha value is -0.990. The second-order valence-electron chi connectivity index (χ2n) is 4.75. The average molecular weight is 223 g/mol. The minimum atomic E-state index is -0.149. The number of carbonyl (C=O) groups excluding carboxylic acids is 1. The Bertz CT molecular complexity index is 275. The molecule has 90 valence electrons. The Labute approximate surface area is 97.5 Å². The lowest BCUT2D eigenvalue weighted by Crippen LogP contribution is -2.47. The Morgan fingerprint density at radius 1 is 1.31 bits per heavy atom. The van der Waals surface area contributed by atoms with Crippen LogP contribution in [0.1, 0.15) is 38.5 Å². The molecular formula is C13H21NO2. The lowest BCUT2D eigenvalue weighted by atomic mass is 9.84. The molecule has 0 bridgehead atoms. The number of nitrogens with zero attached hydrogens (tertiary/aromatic N) is 1. The lowest BCUT2D eigenvalue weighted by Gasteiger charge is -2.39. The summed E-state index contributed by atoms with van der Waals surface area (Å²) in [6.07, 6.45) is 11.6. The maximum absolute atomic E-state index is 11.7. The fourth-order valence-corrected chi connectivity index (χ4v) is 2.91. The Morgan fingerprint density at radius 3 is 2.88 bits per heavy atom. The van der Waals surface area contributed by atoms with Gasteiger partial charge in [-0.3, -0.25) is 0 Å². The van der Waals surface area contributed by atoms with Gasteiger partial charge in [-0.2, -0.15) is 0 Å². The van der Waals surface area contributed by atoms with Crippen LogP contribution in [0.5, 0.6) is 0 Å². The SMILES string of the molecule is COC(=O)N1CCCCC1C1C=CCCC1. The van der Waals surface area contributed by atoms with E-state index in [1.807, 2.05) is 4.90 Å². The third-order valence-electron chi connectivity index (χ3n) is 3.74. The number of ether oxygens (including phenoxy) is 1. The van der Waals surface area contributed by atoms with Gasteiger partial charge in [0, 0.05) is 12.6 Å². The van der Waals surface area contributed by atoms with E-state index in [9.17, 15) is 4.79 Å². The first kappa shape index (κ1) is 11.5. The van der Waals surface area contributed by atoms with Gasteiger partial charge < -0.3 is 9.64 Å². The molecule has 2 aliphatic rings. The first-order valence-corrected chi connectivity index (χ1v) is 6.34. The van der Waals surface area contributed by atoms with Gasteiger partial charge in [0.25, 0.3) is 0 Å². The molecule has 0 radical (unpaired) electrons. The molecule has 0 aromatic carbocycles. The molecule has 0 aromatic rings. The molecule has 1 heterocycles. The van der Waals surface area contributed by atoms with Crippen molar-refractivity contribution in [3.8, 4) is 0 Å². The smallest absolute Gasteiger partial charge is 0.409 e. The van der Waals surface area contributed by atoms with Gasteiger partial charge in [-0.15, -0.1) is 0 Å². The standard InChI is InChI=1S/C13H21NO2/c1-16-13(15)14-10-6-5-9-12(14)11-7-3-2-4-8-11/h3,7,11-12H,2,4-6,8-10H2,1H3. The molecule has 1 aliphatic carbocycles. The van der Waals surface area contributed by atoms with Crippen LogP contribution in [0.2, 0.25) is 0 Å². The molecule has 2 unspecified atom stereocenters. The van der Waals surface area contributed by atoms with Crippen LogP contribution < -0.4 is 0 Å². The van der Waals surface area contributed by atoms with Crippen molar-refractivity contribution in [3.05, 3.63) is 12.2 Å². The number of rotatable bonds is 1. The molecule has 1 amide bonds. The minimum Gasteiger partial charge on any atom is -0.453 e. The molecule has 0 aromatic heterocycles. The van der Waals surface area contributed by atoms with Crippen molar-refractivity contribution >= 4 is 6.09 Å². The highest BCUT2D eigenvalue weighted by molar-refractivity contribution is 5.68. The Kier molecular flexibility index (Phi) is 3.86. The monoisotopic (exact) mass is 223 g/mol. The minimum absolute atomic E-state index is 0.149. The molecule has 2 rings (SSSR count). The zero-order valence-electron chi connectivity index (χ0n) is 10.0. The fraction of sp³-hybridized carbons (Fsp3) is 0.769. The summed E-state index contributed by atoms with van der Waals surface area (Å²) in [6.45, 7) is 0.863. The number of hydrogen-bond acceptors (Lipinski definition) is 2. The summed E-state index contributed by atoms with van der Waals surface area (Å²) < 4.78 is 4.87. The van der Waals surface area contributed by atoms with Crippen molar-refractivity contribution in [3.63, 3.8) is 0 Å². The van der Waals surface area contributed by atoms with Gasteiger partial charge >= 0.3 is 6.09 Å². The molecule has 0 saturated carbocycles. The molecule has 16 heavy (non-hydrogen) atoms. The van der Waals surface area contributed by atoms with E-state index in [1.54, 1.807) is 0 Å². The molecule has 0 N–H and O–H groups in total. The molecule has 3 nitrogen and oxygen atoms in total. The predicted molar refractivity (Wildman–Crippen MR) is 63.2 cm³/mol. The van der Waals surface area contributed by atoms with E-state index in [2.05, 4.69) is 12.2 Å². The van der Waals surface area contributed by atoms with E-state index in [1.165, 1.54) is 32.8 Å². The molecule has 1 saturated heterocycles. The fourth-order valence-electron chi connectivity index (χ4n) is 2.91. The van der Waals surface area contributed by atoms with Gasteiger partial charge in [-0.1, -0.05) is 12.2 Å². The van der Waals surface area contributed by atoms with Gasteiger partial charge in [-0.05, 0) is 44.4 Å². The van der Waals surface area contributed by atoms with Gasteiger partial charge in [-0.25, -0.2) is 4.79 Å². The number of amides is 1. The van der Waals surface area contributed by atoms with Crippen LogP contribution in [0.15, 0.2) is 12.2 Å². The maximum Gasteiger partial charge on any atom is 0.409 e. The molecular weight excluding hydrogens is 202 g/mol. The normalized spacial score (nSPS) is 30.2. The highest BCUT2D eigenvalue weighted by Crippen LogP contribution is 2.30. The van der Waals surface area contributed by atoms with Gasteiger partial charge in [0.2, 0.25) is 0 Å². The van der Waals surface area contributed by atoms with Crippen LogP contribution >= 0.6 is 0 Å². The number of piperidine rings is 1. The topological polar surface area (TPSA) is 29.5 Å². The molecule has 0 spiro atoms. The van der Waals surface area contributed by atoms with Gasteiger partial charge in [0.05, 0.1) is 7.11 Å². The van der Waals surface area contributed by atoms with Crippen LogP contribution in [0, 0.1) is 5.92 Å². The zero-order valence-corrected chi connectivity index (χ0v) is 10.0. The number of allylic oxidation sites excluding steroid dienone is 1. The molecule has 3 heteroatoms. The Morgan fingerprint density at radius 2 is 2.19 bits per heavy atom. The van der Waals surface area contributed by atoms with Crippen molar-refractivity contribution in [1.82, 2.24) is 4.90 Å². The number of hydrogen-bond donors (Lipinski definition) is 0. The molecule has 1 fully saturated rings. The van der Waals surface area contributed by atoms with Crippen molar-refractivity contribution in [2.24, 2.45) is 5.92 Å². The zero-order chi connectivity index (χ0) is 11.4. The van der Waals surface area contributed by atoms with Crippen molar-refractivity contribution in [2.45, 2.75) is 44.6 Å². The van der Waals surface area contributed by atoms with Crippen molar-refractivity contribution < 1.29 is 9.53 Å². The first-order chi connectivity index (χ1) is 7.83. The van der Waals surface area contributed by atoms with E-state index in [0.29, 0.717) is 12.0 Å². The van der Waals surface area contributed by atoms with E-state index in [0.717, 1.165) is 19.4 Å². The van der Waals surface area contributed by atoms with E-state index in [-0.39, 0.29) is 6.09 Å². The van der Waals surface area contributed by atoms with E-state index in [4.69, 9.17) is 4.74 Å². The van der Waals surface area contributed by atoms with Crippen LogP contribution in [0.3, 0.4) is 0 Å². The largest absolute Gasteiger partial charge is 0.453 e. The van der Waals surface area contributed by atoms with Crippen LogP contribution in [0.4, 0.5) is 4.79 Å². The average Bonchev–Trinajstić information content (AvgIpc) is 2.39. The van der Waals surface area contributed by atoms with Gasteiger partial charge in [0.1, 0.15) is 0 Å². The Balaban J connectivity index is 2.06. The summed E-state index contributed by atoms with van der Waals surface area (Å²) in [5, 5.41) is 0. The number of likely N-dealkylation sites (tertiary alicyclic amines) is 1. The van der Waals surface area contributed by atoms with Crippen molar-refractivity contribution in [2.75, 3.05) is 13.7 Å². The number of methoxy groups -OCH3 is 1. The number of carbonyl (C=O) groups is 1. The first-order valence-electron chi connectivity index (χ1n) is 6.34. The highest BCUT2D eigenvalue weighted by Gasteiger charge is 2.32. The second kappa shape index (κ2) is 5.37. The van der Waals surface area contributed by atoms with E-state index >= 15 is 0 Å². The summed E-state index contributed by atoms with van der Waals surface area (Å²) >= 11 is 0. The third kappa shape index (κ3) is 2.39. The molecule has 1 aliphatic heterocycles. The summed E-state index contributed by atoms with van der Waals surface area (Å²) in [5.74, 6) is 0.549. The maximum atomic E-state index is 11.7. The van der Waals surface area contributed by atoms with Crippen molar-refractivity contribution in [1.29, 1.82) is 0 Å². The quantitative estimate of drug-likeness (QED) is 0.640. The van der Waals surface area contributed by atoms with Crippen LogP contribution in [-0.2, 0) is 4.74 Å². The van der Waals surface area contributed by atoms with Crippen LogP contribution in [0.25, 0.3) is 0 Å².